The van der Waals surface area contributed by atoms with E-state index in [1.165, 1.54) is 10.6 Å². The summed E-state index contributed by atoms with van der Waals surface area (Å²) in [5, 5.41) is 38.2. The number of hydrogen-bond donors (Lipinski definition) is 4. The number of para-hydroxylation sites is 1. The van der Waals surface area contributed by atoms with Gasteiger partial charge in [0.05, 0.1) is 40.0 Å². The highest BCUT2D eigenvalue weighted by Gasteiger charge is 2.56. The summed E-state index contributed by atoms with van der Waals surface area (Å²) in [6, 6.07) is 20.2. The Morgan fingerprint density at radius 3 is 2.50 bits per heavy atom. The van der Waals surface area contributed by atoms with Crippen LogP contribution >= 0.6 is 11.3 Å². The molecule has 0 radical (unpaired) electrons. The summed E-state index contributed by atoms with van der Waals surface area (Å²) in [5.41, 5.74) is 6.14. The molecule has 1 saturated carbocycles. The first-order chi connectivity index (χ1) is 29.7. The molecule has 1 aliphatic carbocycles. The van der Waals surface area contributed by atoms with Crippen LogP contribution in [0.5, 0.6) is 11.6 Å². The number of amides is 2. The number of aliphatic hydroxyl groups excluding tert-OH is 1. The van der Waals surface area contributed by atoms with Crippen LogP contribution in [-0.4, -0.2) is 102 Å². The second-order valence-corrected chi connectivity index (χ2v) is 19.2. The first-order valence-corrected chi connectivity index (χ1v) is 22.4. The minimum atomic E-state index is -1.17. The molecule has 4 aromatic heterocycles. The van der Waals surface area contributed by atoms with Crippen LogP contribution in [0.3, 0.4) is 0 Å². The fourth-order valence-corrected chi connectivity index (χ4v) is 10.4. The molecule has 0 spiro atoms. The smallest absolute Gasteiger partial charge is 0.254 e. The van der Waals surface area contributed by atoms with Crippen molar-refractivity contribution >= 4 is 34.2 Å². The van der Waals surface area contributed by atoms with E-state index in [0.29, 0.717) is 47.3 Å². The zero-order valence-electron chi connectivity index (χ0n) is 36.0. The van der Waals surface area contributed by atoms with Gasteiger partial charge in [-0.3, -0.25) is 9.59 Å². The van der Waals surface area contributed by atoms with Crippen molar-refractivity contribution in [3.05, 3.63) is 95.0 Å². The van der Waals surface area contributed by atoms with Gasteiger partial charge in [0.25, 0.3) is 5.88 Å². The fraction of sp³-hybridized carbons (Fsp3) is 0.447. The third-order valence-electron chi connectivity index (χ3n) is 13.6. The number of fused-ring (bicyclic) bond motifs is 2. The van der Waals surface area contributed by atoms with E-state index in [-0.39, 0.29) is 36.4 Å². The number of piperidine rings is 1. The zero-order chi connectivity index (χ0) is 43.5. The van der Waals surface area contributed by atoms with Crippen molar-refractivity contribution in [2.24, 2.45) is 17.8 Å². The Morgan fingerprint density at radius 2 is 1.79 bits per heavy atom. The van der Waals surface area contributed by atoms with Gasteiger partial charge in [-0.1, -0.05) is 50.2 Å². The molecule has 2 aromatic carbocycles. The van der Waals surface area contributed by atoms with Crippen LogP contribution < -0.4 is 10.1 Å². The molecule has 6 aromatic rings. The second kappa shape index (κ2) is 16.2. The Morgan fingerprint density at radius 1 is 1.03 bits per heavy atom. The number of phenols is 1. The van der Waals surface area contributed by atoms with E-state index in [4.69, 9.17) is 9.26 Å². The maximum absolute atomic E-state index is 14.5. The zero-order valence-corrected chi connectivity index (χ0v) is 36.8. The van der Waals surface area contributed by atoms with Gasteiger partial charge in [0.15, 0.2) is 11.4 Å². The van der Waals surface area contributed by atoms with Crippen molar-refractivity contribution in [2.75, 3.05) is 32.8 Å². The molecule has 9 rings (SSSR count). The molecular formula is C47H54N8O6S. The second-order valence-electron chi connectivity index (χ2n) is 18.3. The Labute approximate surface area is 364 Å². The van der Waals surface area contributed by atoms with Crippen molar-refractivity contribution in [2.45, 2.75) is 83.4 Å². The predicted octanol–water partition coefficient (Wildman–Crippen LogP) is 6.79. The highest BCUT2D eigenvalue weighted by atomic mass is 32.1. The Kier molecular flexibility index (Phi) is 10.9. The lowest BCUT2D eigenvalue weighted by molar-refractivity contribution is -0.145. The number of nitrogens with one attached hydrogen (secondary N) is 2. The van der Waals surface area contributed by atoms with Gasteiger partial charge in [-0.15, -0.1) is 21.5 Å². The van der Waals surface area contributed by atoms with Gasteiger partial charge < -0.3 is 39.6 Å². The minimum Gasteiger partial charge on any atom is -0.507 e. The van der Waals surface area contributed by atoms with E-state index in [1.807, 2.05) is 89.5 Å². The van der Waals surface area contributed by atoms with Gasteiger partial charge in [-0.25, -0.2) is 4.98 Å². The third-order valence-corrected chi connectivity index (χ3v) is 14.5. The lowest BCUT2D eigenvalue weighted by atomic mass is 9.75. The number of carbonyl (C=O) groups is 2. The first kappa shape index (κ1) is 41.7. The molecule has 0 bridgehead atoms. The number of β-amino-alcohol motifs (C(OH)–C–C–N with tert-alkyl or cyclic N) is 1. The van der Waals surface area contributed by atoms with Gasteiger partial charge in [0, 0.05) is 61.2 Å². The highest BCUT2D eigenvalue weighted by Crippen LogP contribution is 2.58. The first-order valence-electron chi connectivity index (χ1n) is 21.5. The number of carbonyl (C=O) groups excluding carboxylic acids is 2. The van der Waals surface area contributed by atoms with Crippen molar-refractivity contribution < 1.29 is 29.1 Å². The molecule has 14 nitrogen and oxygen atoms in total. The van der Waals surface area contributed by atoms with Gasteiger partial charge in [0.1, 0.15) is 17.2 Å². The molecule has 15 heteroatoms. The molecule has 2 amide bonds. The van der Waals surface area contributed by atoms with Crippen LogP contribution in [0.15, 0.2) is 76.8 Å². The van der Waals surface area contributed by atoms with Crippen molar-refractivity contribution in [3.63, 3.8) is 0 Å². The number of aromatic amines is 1. The fourth-order valence-electron chi connectivity index (χ4n) is 9.55. The molecule has 3 fully saturated rings. The molecule has 6 atom stereocenters. The lowest BCUT2D eigenvalue weighted by Gasteiger charge is -2.37. The predicted molar refractivity (Wildman–Crippen MR) is 236 cm³/mol. The van der Waals surface area contributed by atoms with E-state index >= 15 is 0 Å². The van der Waals surface area contributed by atoms with Crippen molar-refractivity contribution in [1.82, 2.24) is 40.4 Å². The SMILES string of the molecule is Cc1ncsc1-c1ccc(C(C)(C)NC(=O)[C@@H]2C[C@@H](O)CN2C(=O)C(C)(c2cc(OCCCN3C[C@@H]4C(c5cc6cc(-c7ccccc7O)nnc6[nH]5)[C@@H]4C3)no2)C(C)C)cc1. The molecular weight excluding hydrogens is 805 g/mol. The number of likely N-dealkylation sites (tertiary alicyclic amines) is 2. The summed E-state index contributed by atoms with van der Waals surface area (Å²) in [7, 11) is 0. The Hall–Kier alpha value is -5.64. The molecule has 2 unspecified atom stereocenters. The summed E-state index contributed by atoms with van der Waals surface area (Å²) < 4.78 is 11.9. The van der Waals surface area contributed by atoms with E-state index in [1.54, 1.807) is 29.5 Å². The largest absolute Gasteiger partial charge is 0.507 e. The quantitative estimate of drug-likeness (QED) is 0.0847. The standard InChI is InChI=1S/C47H54N8O6S/c1-26(2)47(6,45(59)55-22-31(56)20-37(55)44(58)50-46(4,5)30-14-12-28(13-15-30)42-27(3)48-25-62-42)39-21-40(53-61-39)60-17-9-16-54-23-33-34(24-54)41(33)36-19-29-18-35(51-52-43(29)49-36)32-10-7-8-11-38(32)57/h7-8,10-15,18-19,21,25-26,31,33-34,37,41,56-57H,9,16-17,20,22-24H2,1-6H3,(H,49,52)(H,50,58)/t31-,33-,34+,37+,41?,47?/m1/s1. The molecule has 324 valence electrons. The summed E-state index contributed by atoms with van der Waals surface area (Å²) >= 11 is 1.59. The van der Waals surface area contributed by atoms with Crippen molar-refractivity contribution in [1.29, 1.82) is 0 Å². The van der Waals surface area contributed by atoms with Crippen LogP contribution in [0.25, 0.3) is 32.7 Å². The number of phenolic OH excluding ortho intramolecular Hbond substituents is 1. The molecule has 6 heterocycles. The number of hydrogen-bond acceptors (Lipinski definition) is 12. The summed E-state index contributed by atoms with van der Waals surface area (Å²) in [6.45, 7) is 15.0. The number of benzene rings is 2. The Balaban J connectivity index is 0.775. The van der Waals surface area contributed by atoms with Crippen LogP contribution in [0.2, 0.25) is 0 Å². The average molecular weight is 859 g/mol. The van der Waals surface area contributed by atoms with E-state index in [9.17, 15) is 19.8 Å². The molecule has 4 N–H and O–H groups in total. The monoisotopic (exact) mass is 858 g/mol. The molecule has 2 aliphatic heterocycles. The average Bonchev–Trinajstić information content (AvgIpc) is 3.95. The molecule has 2 saturated heterocycles. The number of H-pyrrole nitrogens is 1. The number of thiazole rings is 1. The minimum absolute atomic E-state index is 0.0389. The van der Waals surface area contributed by atoms with Crippen LogP contribution in [-0.2, 0) is 20.5 Å². The lowest BCUT2D eigenvalue weighted by Crippen LogP contribution is -2.55. The van der Waals surface area contributed by atoms with Gasteiger partial charge in [-0.2, -0.15) is 0 Å². The van der Waals surface area contributed by atoms with Crippen LogP contribution in [0.1, 0.15) is 76.1 Å². The maximum Gasteiger partial charge on any atom is 0.254 e. The van der Waals surface area contributed by atoms with E-state index < -0.39 is 23.1 Å². The van der Waals surface area contributed by atoms with Gasteiger partial charge >= 0.3 is 0 Å². The van der Waals surface area contributed by atoms with Gasteiger partial charge in [-0.05, 0) is 92.4 Å². The number of aromatic nitrogens is 5. The summed E-state index contributed by atoms with van der Waals surface area (Å²) in [5.74, 6) is 1.64. The summed E-state index contributed by atoms with van der Waals surface area (Å²) in [4.78, 5) is 41.5. The van der Waals surface area contributed by atoms with Crippen LogP contribution in [0, 0.1) is 24.7 Å². The van der Waals surface area contributed by atoms with E-state index in [2.05, 4.69) is 41.6 Å². The number of rotatable bonds is 14. The Bertz CT molecular complexity index is 2590. The van der Waals surface area contributed by atoms with Crippen LogP contribution in [0.4, 0.5) is 0 Å². The topological polar surface area (TPSA) is 183 Å². The number of aliphatic hydroxyl groups is 1. The number of nitrogens with zero attached hydrogens (tertiary/aromatic N) is 6. The third kappa shape index (κ3) is 7.75. The maximum atomic E-state index is 14.5. The molecule has 3 aliphatic rings. The number of aromatic hydroxyl groups is 1. The summed E-state index contributed by atoms with van der Waals surface area (Å²) in [6.07, 6.45) is 0.0978. The normalized spacial score (nSPS) is 22.3. The number of ether oxygens (including phenoxy) is 1. The molecule has 62 heavy (non-hydrogen) atoms. The number of aryl methyl sites for hydroxylation is 1. The highest BCUT2D eigenvalue weighted by molar-refractivity contribution is 7.13. The van der Waals surface area contributed by atoms with Gasteiger partial charge in [0.2, 0.25) is 11.8 Å². The van der Waals surface area contributed by atoms with Crippen molar-refractivity contribution in [3.8, 4) is 33.3 Å². The van der Waals surface area contributed by atoms with E-state index in [0.717, 1.165) is 58.8 Å².